The molecule has 6 nitrogen and oxygen atoms in total. The Labute approximate surface area is 164 Å². The van der Waals surface area contributed by atoms with Crippen molar-refractivity contribution in [3.05, 3.63) is 51.7 Å². The summed E-state index contributed by atoms with van der Waals surface area (Å²) >= 11 is 1.02. The lowest BCUT2D eigenvalue weighted by Gasteiger charge is -2.14. The van der Waals surface area contributed by atoms with Crippen LogP contribution in [0.15, 0.2) is 40.6 Å². The molecule has 0 aliphatic heterocycles. The van der Waals surface area contributed by atoms with Crippen LogP contribution in [0.5, 0.6) is 0 Å². The summed E-state index contributed by atoms with van der Waals surface area (Å²) in [6, 6.07) is 8.64. The zero-order valence-electron chi connectivity index (χ0n) is 14.8. The highest BCUT2D eigenvalue weighted by Gasteiger charge is 2.20. The number of esters is 1. The average Bonchev–Trinajstić information content (AvgIpc) is 3.10. The molecule has 0 radical (unpaired) electrons. The van der Waals surface area contributed by atoms with Crippen LogP contribution < -0.4 is 10.5 Å². The van der Waals surface area contributed by atoms with Crippen molar-refractivity contribution in [2.24, 2.45) is 5.73 Å². The summed E-state index contributed by atoms with van der Waals surface area (Å²) in [4.78, 5) is 11.7. The first-order valence-electron chi connectivity index (χ1n) is 7.76. The van der Waals surface area contributed by atoms with Gasteiger partial charge >= 0.3 is 5.97 Å². The van der Waals surface area contributed by atoms with Gasteiger partial charge < -0.3 is 10.5 Å². The quantitative estimate of drug-likeness (QED) is 0.673. The molecule has 1 atom stereocenters. The second-order valence-electron chi connectivity index (χ2n) is 5.92. The summed E-state index contributed by atoms with van der Waals surface area (Å²) in [6.45, 7) is 4.27. The van der Waals surface area contributed by atoms with Crippen molar-refractivity contribution in [2.75, 3.05) is 13.7 Å². The molecular weight excluding hydrogens is 396 g/mol. The lowest BCUT2D eigenvalue weighted by atomic mass is 9.99. The van der Waals surface area contributed by atoms with Crippen LogP contribution in [-0.2, 0) is 14.8 Å². The molecule has 0 spiro atoms. The van der Waals surface area contributed by atoms with E-state index >= 15 is 0 Å². The van der Waals surface area contributed by atoms with E-state index in [9.17, 15) is 13.2 Å². The van der Waals surface area contributed by atoms with Crippen LogP contribution in [0.25, 0.3) is 0 Å². The molecule has 3 N–H and O–H groups in total. The standard InChI is InChI=1S/C17H22N2O4S2.ClH/c1-11(2)12-4-6-13(7-5-12)15(18)9-19-25(21,22)14-8-16(24-10-14)17(20)23-3;/h4-8,10-11,15,19H,9,18H2,1-3H3;1H. The number of methoxy groups -OCH3 is 1. The maximum absolute atomic E-state index is 12.3. The van der Waals surface area contributed by atoms with E-state index in [1.54, 1.807) is 0 Å². The SMILES string of the molecule is COC(=O)c1cc(S(=O)(=O)NCC(N)c2ccc(C(C)C)cc2)cs1.Cl. The number of hydrogen-bond acceptors (Lipinski definition) is 6. The van der Waals surface area contributed by atoms with Crippen LogP contribution in [0.2, 0.25) is 0 Å². The molecule has 26 heavy (non-hydrogen) atoms. The van der Waals surface area contributed by atoms with E-state index in [0.717, 1.165) is 16.9 Å². The molecule has 2 aromatic rings. The van der Waals surface area contributed by atoms with Crippen molar-refractivity contribution in [1.82, 2.24) is 4.72 Å². The van der Waals surface area contributed by atoms with E-state index in [-0.39, 0.29) is 28.7 Å². The van der Waals surface area contributed by atoms with Gasteiger partial charge in [-0.3, -0.25) is 0 Å². The van der Waals surface area contributed by atoms with Gasteiger partial charge in [0.25, 0.3) is 0 Å². The van der Waals surface area contributed by atoms with Gasteiger partial charge in [0.2, 0.25) is 10.0 Å². The highest BCUT2D eigenvalue weighted by Crippen LogP contribution is 2.21. The Morgan fingerprint density at radius 1 is 1.23 bits per heavy atom. The van der Waals surface area contributed by atoms with E-state index in [0.29, 0.717) is 5.92 Å². The van der Waals surface area contributed by atoms with Crippen LogP contribution in [0.3, 0.4) is 0 Å². The summed E-state index contributed by atoms with van der Waals surface area (Å²) in [6.07, 6.45) is 0. The van der Waals surface area contributed by atoms with Gasteiger partial charge in [0, 0.05) is 18.0 Å². The maximum Gasteiger partial charge on any atom is 0.348 e. The number of hydrogen-bond donors (Lipinski definition) is 2. The van der Waals surface area contributed by atoms with Gasteiger partial charge in [-0.2, -0.15) is 0 Å². The summed E-state index contributed by atoms with van der Waals surface area (Å²) in [5.41, 5.74) is 8.14. The zero-order valence-corrected chi connectivity index (χ0v) is 17.2. The van der Waals surface area contributed by atoms with Gasteiger partial charge in [-0.15, -0.1) is 23.7 Å². The molecule has 0 amide bonds. The van der Waals surface area contributed by atoms with E-state index in [1.165, 1.54) is 24.1 Å². The average molecular weight is 419 g/mol. The fourth-order valence-corrected chi connectivity index (χ4v) is 4.45. The number of nitrogens with one attached hydrogen (secondary N) is 1. The molecule has 1 heterocycles. The van der Waals surface area contributed by atoms with Gasteiger partial charge in [-0.25, -0.2) is 17.9 Å². The Kier molecular flexibility index (Phi) is 8.23. The Balaban J connectivity index is 0.00000338. The molecular formula is C17H23ClN2O4S2. The third kappa shape index (κ3) is 5.52. The number of carbonyl (C=O) groups is 1. The predicted octanol–water partition coefficient (Wildman–Crippen LogP) is 3.06. The third-order valence-corrected chi connectivity index (χ3v) is 6.26. The topological polar surface area (TPSA) is 98.5 Å². The van der Waals surface area contributed by atoms with E-state index < -0.39 is 22.0 Å². The van der Waals surface area contributed by atoms with E-state index in [1.807, 2.05) is 24.3 Å². The molecule has 0 aliphatic carbocycles. The Morgan fingerprint density at radius 2 is 1.81 bits per heavy atom. The maximum atomic E-state index is 12.3. The van der Waals surface area contributed by atoms with Crippen LogP contribution in [-0.4, -0.2) is 28.0 Å². The molecule has 144 valence electrons. The first kappa shape index (κ1) is 22.6. The molecule has 2 rings (SSSR count). The van der Waals surface area contributed by atoms with Crippen LogP contribution in [0, 0.1) is 0 Å². The molecule has 0 saturated carbocycles. The Bertz CT molecular complexity index is 833. The fraction of sp³-hybridized carbons (Fsp3) is 0.353. The summed E-state index contributed by atoms with van der Waals surface area (Å²) in [5.74, 6) is -0.139. The lowest BCUT2D eigenvalue weighted by molar-refractivity contribution is 0.0606. The van der Waals surface area contributed by atoms with Crippen LogP contribution >= 0.6 is 23.7 Å². The van der Waals surface area contributed by atoms with Crippen molar-refractivity contribution >= 4 is 39.7 Å². The van der Waals surface area contributed by atoms with Crippen molar-refractivity contribution in [2.45, 2.75) is 30.7 Å². The second kappa shape index (κ2) is 9.48. The molecule has 0 fully saturated rings. The summed E-state index contributed by atoms with van der Waals surface area (Å²) in [7, 11) is -2.49. The first-order chi connectivity index (χ1) is 11.7. The zero-order chi connectivity index (χ0) is 18.6. The van der Waals surface area contributed by atoms with Gasteiger partial charge in [-0.1, -0.05) is 38.1 Å². The van der Waals surface area contributed by atoms with Crippen molar-refractivity contribution < 1.29 is 17.9 Å². The monoisotopic (exact) mass is 418 g/mol. The normalized spacial score (nSPS) is 12.5. The molecule has 0 saturated heterocycles. The molecule has 1 unspecified atom stereocenters. The number of nitrogens with two attached hydrogens (primary N) is 1. The van der Waals surface area contributed by atoms with E-state index in [4.69, 9.17) is 5.73 Å². The minimum Gasteiger partial charge on any atom is -0.465 e. The van der Waals surface area contributed by atoms with Crippen molar-refractivity contribution in [3.8, 4) is 0 Å². The van der Waals surface area contributed by atoms with Gasteiger partial charge in [-0.05, 0) is 23.1 Å². The van der Waals surface area contributed by atoms with Crippen LogP contribution in [0.1, 0.15) is 46.6 Å². The number of sulfonamides is 1. The smallest absolute Gasteiger partial charge is 0.348 e. The van der Waals surface area contributed by atoms with E-state index in [2.05, 4.69) is 23.3 Å². The fourth-order valence-electron chi connectivity index (χ4n) is 2.20. The lowest BCUT2D eigenvalue weighted by Crippen LogP contribution is -2.31. The number of benzene rings is 1. The molecule has 1 aromatic carbocycles. The Hall–Kier alpha value is -1.45. The molecule has 9 heteroatoms. The minimum absolute atomic E-state index is 0. The molecule has 1 aromatic heterocycles. The first-order valence-corrected chi connectivity index (χ1v) is 10.1. The number of carbonyl (C=O) groups excluding carboxylic acids is 1. The van der Waals surface area contributed by atoms with Gasteiger partial charge in [0.1, 0.15) is 4.88 Å². The minimum atomic E-state index is -3.73. The highest BCUT2D eigenvalue weighted by molar-refractivity contribution is 7.89. The Morgan fingerprint density at radius 3 is 2.35 bits per heavy atom. The number of ether oxygens (including phenoxy) is 1. The van der Waals surface area contributed by atoms with Crippen molar-refractivity contribution in [1.29, 1.82) is 0 Å². The molecule has 0 aliphatic rings. The third-order valence-electron chi connectivity index (χ3n) is 3.80. The van der Waals surface area contributed by atoms with Crippen LogP contribution in [0.4, 0.5) is 0 Å². The van der Waals surface area contributed by atoms with Gasteiger partial charge in [0.05, 0.1) is 12.0 Å². The van der Waals surface area contributed by atoms with Gasteiger partial charge in [0.15, 0.2) is 0 Å². The summed E-state index contributed by atoms with van der Waals surface area (Å²) < 4.78 is 31.7. The number of halogens is 1. The largest absolute Gasteiger partial charge is 0.465 e. The van der Waals surface area contributed by atoms with Crippen molar-refractivity contribution in [3.63, 3.8) is 0 Å². The number of thiophene rings is 1. The predicted molar refractivity (Wildman–Crippen MR) is 106 cm³/mol. The number of rotatable bonds is 7. The highest BCUT2D eigenvalue weighted by atomic mass is 35.5. The molecule has 0 bridgehead atoms. The second-order valence-corrected chi connectivity index (χ2v) is 8.60. The summed E-state index contributed by atoms with van der Waals surface area (Å²) in [5, 5.41) is 1.40.